The summed E-state index contributed by atoms with van der Waals surface area (Å²) in [4.78, 5) is 9.61. The van der Waals surface area contributed by atoms with E-state index in [0.29, 0.717) is 17.8 Å². The summed E-state index contributed by atoms with van der Waals surface area (Å²) < 4.78 is 0. The minimum atomic E-state index is 0.632. The molecular formula is C24H33N3. The molecule has 0 bridgehead atoms. The van der Waals surface area contributed by atoms with Crippen molar-refractivity contribution in [3.8, 4) is 0 Å². The van der Waals surface area contributed by atoms with Gasteiger partial charge in [0.05, 0.1) is 0 Å². The fourth-order valence-electron chi connectivity index (χ4n) is 4.73. The molecule has 3 nitrogen and oxygen atoms in total. The minimum Gasteiger partial charge on any atom is -0.371 e. The van der Waals surface area contributed by atoms with Crippen LogP contribution in [0.25, 0.3) is 0 Å². The molecule has 3 heterocycles. The van der Waals surface area contributed by atoms with Crippen LogP contribution < -0.4 is 9.80 Å². The predicted molar refractivity (Wildman–Crippen MR) is 115 cm³/mol. The van der Waals surface area contributed by atoms with Gasteiger partial charge in [0.15, 0.2) is 0 Å². The molecule has 0 aliphatic carbocycles. The summed E-state index contributed by atoms with van der Waals surface area (Å²) in [5.74, 6) is 4.78. The first-order valence-corrected chi connectivity index (χ1v) is 10.5. The molecule has 2 saturated heterocycles. The Hall–Kier alpha value is -2.03. The quantitative estimate of drug-likeness (QED) is 0.716. The molecule has 2 aliphatic rings. The van der Waals surface area contributed by atoms with Gasteiger partial charge in [-0.25, -0.2) is 4.98 Å². The number of anilines is 2. The van der Waals surface area contributed by atoms with Gasteiger partial charge in [-0.2, -0.15) is 0 Å². The van der Waals surface area contributed by atoms with Gasteiger partial charge in [0, 0.05) is 50.0 Å². The van der Waals surface area contributed by atoms with Crippen LogP contribution in [-0.2, 0) is 0 Å². The maximum atomic E-state index is 4.67. The lowest BCUT2D eigenvalue weighted by Crippen LogP contribution is -2.51. The van der Waals surface area contributed by atoms with Crippen molar-refractivity contribution in [3.63, 3.8) is 0 Å². The molecule has 144 valence electrons. The molecule has 0 saturated carbocycles. The third kappa shape index (κ3) is 3.69. The molecule has 2 aliphatic heterocycles. The molecule has 4 rings (SSSR count). The van der Waals surface area contributed by atoms with E-state index in [1.807, 2.05) is 6.20 Å². The summed E-state index contributed by atoms with van der Waals surface area (Å²) in [7, 11) is 0. The first-order valence-electron chi connectivity index (χ1n) is 10.5. The number of hydrogen-bond donors (Lipinski definition) is 0. The van der Waals surface area contributed by atoms with Crippen LogP contribution in [0.3, 0.4) is 0 Å². The number of pyridine rings is 1. The zero-order valence-electron chi connectivity index (χ0n) is 17.2. The van der Waals surface area contributed by atoms with Crippen molar-refractivity contribution in [3.05, 3.63) is 54.2 Å². The molecule has 1 atom stereocenters. The number of benzene rings is 1. The Kier molecular flexibility index (Phi) is 5.12. The molecule has 0 N–H and O–H groups in total. The van der Waals surface area contributed by atoms with Gasteiger partial charge in [0.2, 0.25) is 0 Å². The zero-order chi connectivity index (χ0) is 19.0. The van der Waals surface area contributed by atoms with Gasteiger partial charge >= 0.3 is 0 Å². The van der Waals surface area contributed by atoms with E-state index < -0.39 is 0 Å². The van der Waals surface area contributed by atoms with Crippen LogP contribution in [-0.4, -0.2) is 31.2 Å². The van der Waals surface area contributed by atoms with Gasteiger partial charge in [0.25, 0.3) is 0 Å². The van der Waals surface area contributed by atoms with E-state index in [1.54, 1.807) is 0 Å². The Morgan fingerprint density at radius 2 is 1.52 bits per heavy atom. The molecule has 2 fully saturated rings. The lowest BCUT2D eigenvalue weighted by Gasteiger charge is -2.46. The highest BCUT2D eigenvalue weighted by molar-refractivity contribution is 5.57. The minimum absolute atomic E-state index is 0.632. The van der Waals surface area contributed by atoms with Gasteiger partial charge in [-0.3, -0.25) is 0 Å². The second-order valence-electron chi connectivity index (χ2n) is 9.13. The molecule has 3 heteroatoms. The number of aromatic nitrogens is 1. The van der Waals surface area contributed by atoms with Crippen molar-refractivity contribution in [1.29, 1.82) is 0 Å². The monoisotopic (exact) mass is 363 g/mol. The van der Waals surface area contributed by atoms with Crippen LogP contribution in [0.5, 0.6) is 0 Å². The van der Waals surface area contributed by atoms with Crippen molar-refractivity contribution in [2.45, 2.75) is 33.6 Å². The van der Waals surface area contributed by atoms with E-state index >= 15 is 0 Å². The highest BCUT2D eigenvalue weighted by atomic mass is 15.3. The maximum Gasteiger partial charge on any atom is 0.130 e. The van der Waals surface area contributed by atoms with Gasteiger partial charge in [-0.05, 0) is 35.3 Å². The molecule has 0 radical (unpaired) electrons. The van der Waals surface area contributed by atoms with Crippen molar-refractivity contribution in [2.75, 3.05) is 36.0 Å². The van der Waals surface area contributed by atoms with E-state index in [4.69, 9.17) is 0 Å². The molecule has 1 aromatic carbocycles. The maximum absolute atomic E-state index is 4.67. The zero-order valence-corrected chi connectivity index (χ0v) is 17.2. The summed E-state index contributed by atoms with van der Waals surface area (Å²) >= 11 is 0. The fraction of sp³-hybridized carbons (Fsp3) is 0.542. The van der Waals surface area contributed by atoms with Crippen LogP contribution in [0.15, 0.2) is 48.7 Å². The SMILES string of the molecule is CC(C)C1CN(c2ccnc(N3CC([C@@H](c4ccccc4)C(C)C)C3)c2)C1. The average Bonchev–Trinajstić information content (AvgIpc) is 2.56. The predicted octanol–water partition coefficient (Wildman–Crippen LogP) is 5.05. The van der Waals surface area contributed by atoms with E-state index in [2.05, 4.69) is 84.9 Å². The highest BCUT2D eigenvalue weighted by Gasteiger charge is 2.37. The normalized spacial score (nSPS) is 19.3. The van der Waals surface area contributed by atoms with Gasteiger partial charge in [0.1, 0.15) is 5.82 Å². The van der Waals surface area contributed by atoms with E-state index in [9.17, 15) is 0 Å². The van der Waals surface area contributed by atoms with E-state index in [0.717, 1.165) is 30.7 Å². The van der Waals surface area contributed by atoms with Crippen LogP contribution >= 0.6 is 0 Å². The first-order chi connectivity index (χ1) is 13.0. The highest BCUT2D eigenvalue weighted by Crippen LogP contribution is 2.39. The van der Waals surface area contributed by atoms with Gasteiger partial charge < -0.3 is 9.80 Å². The Morgan fingerprint density at radius 3 is 2.15 bits per heavy atom. The van der Waals surface area contributed by atoms with E-state index in [1.165, 1.54) is 24.3 Å². The molecule has 0 spiro atoms. The number of hydrogen-bond acceptors (Lipinski definition) is 3. The van der Waals surface area contributed by atoms with Crippen LogP contribution in [0, 0.1) is 23.7 Å². The Morgan fingerprint density at radius 1 is 0.852 bits per heavy atom. The summed E-state index contributed by atoms with van der Waals surface area (Å²) in [6.45, 7) is 14.0. The van der Waals surface area contributed by atoms with Gasteiger partial charge in [-0.1, -0.05) is 58.0 Å². The summed E-state index contributed by atoms with van der Waals surface area (Å²) in [6, 6.07) is 15.5. The number of rotatable bonds is 6. The summed E-state index contributed by atoms with van der Waals surface area (Å²) in [5, 5.41) is 0. The van der Waals surface area contributed by atoms with Crippen LogP contribution in [0.1, 0.15) is 39.2 Å². The molecule has 2 aromatic rings. The molecule has 0 unspecified atom stereocenters. The summed E-state index contributed by atoms with van der Waals surface area (Å²) in [6.07, 6.45) is 1.98. The fourth-order valence-corrected chi connectivity index (χ4v) is 4.73. The first kappa shape index (κ1) is 18.3. The van der Waals surface area contributed by atoms with Gasteiger partial charge in [-0.15, -0.1) is 0 Å². The third-order valence-electron chi connectivity index (χ3n) is 6.59. The lowest BCUT2D eigenvalue weighted by molar-refractivity contribution is 0.283. The second kappa shape index (κ2) is 7.53. The summed E-state index contributed by atoms with van der Waals surface area (Å²) in [5.41, 5.74) is 2.82. The van der Waals surface area contributed by atoms with Crippen molar-refractivity contribution in [2.24, 2.45) is 23.7 Å². The Balaban J connectivity index is 1.40. The standard InChI is InChI=1S/C24H33N3/c1-17(2)20-13-26(14-20)22-10-11-25-23(12-22)27-15-21(16-27)24(18(3)4)19-8-6-5-7-9-19/h5-12,17-18,20-21,24H,13-16H2,1-4H3/t24-/m1/s1. The molecule has 1 aromatic heterocycles. The van der Waals surface area contributed by atoms with Crippen molar-refractivity contribution >= 4 is 11.5 Å². The second-order valence-corrected chi connectivity index (χ2v) is 9.13. The topological polar surface area (TPSA) is 19.4 Å². The lowest BCUT2D eigenvalue weighted by atomic mass is 9.74. The molecular weight excluding hydrogens is 330 g/mol. The third-order valence-corrected chi connectivity index (χ3v) is 6.59. The van der Waals surface area contributed by atoms with Crippen molar-refractivity contribution < 1.29 is 0 Å². The van der Waals surface area contributed by atoms with Crippen LogP contribution in [0.2, 0.25) is 0 Å². The van der Waals surface area contributed by atoms with Crippen molar-refractivity contribution in [1.82, 2.24) is 4.98 Å². The van der Waals surface area contributed by atoms with E-state index in [-0.39, 0.29) is 0 Å². The largest absolute Gasteiger partial charge is 0.371 e. The average molecular weight is 364 g/mol. The van der Waals surface area contributed by atoms with Crippen LogP contribution in [0.4, 0.5) is 11.5 Å². The Labute approximate surface area is 164 Å². The Bertz CT molecular complexity index is 743. The number of nitrogens with zero attached hydrogens (tertiary/aromatic N) is 3. The molecule has 27 heavy (non-hydrogen) atoms. The smallest absolute Gasteiger partial charge is 0.130 e. The molecule has 0 amide bonds.